The van der Waals surface area contributed by atoms with Crippen LogP contribution in [0, 0.1) is 5.92 Å². The average molecular weight is 613 g/mol. The number of epoxide rings is 1. The lowest BCUT2D eigenvalue weighted by Gasteiger charge is -2.27. The zero-order valence-corrected chi connectivity index (χ0v) is 24.1. The van der Waals surface area contributed by atoms with Crippen molar-refractivity contribution in [1.82, 2.24) is 20.9 Å². The Kier molecular flexibility index (Phi) is 11.4. The highest BCUT2D eigenvalue weighted by Gasteiger charge is 2.39. The first-order valence-corrected chi connectivity index (χ1v) is 14.7. The lowest BCUT2D eigenvalue weighted by atomic mass is 9.94. The lowest BCUT2D eigenvalue weighted by molar-refractivity contribution is -0.274. The van der Waals surface area contributed by atoms with Gasteiger partial charge in [-0.15, -0.1) is 13.2 Å². The average Bonchev–Trinajstić information content (AvgIpc) is 3.68. The molecule has 1 aromatic carbocycles. The van der Waals surface area contributed by atoms with E-state index < -0.39 is 48.2 Å². The molecule has 3 aliphatic rings. The van der Waals surface area contributed by atoms with Gasteiger partial charge in [0.15, 0.2) is 5.78 Å². The quantitative estimate of drug-likeness (QED) is 0.269. The number of carbonyl (C=O) groups is 4. The Labute approximate surface area is 248 Å². The molecule has 43 heavy (non-hydrogen) atoms. The molecule has 0 spiro atoms. The highest BCUT2D eigenvalue weighted by atomic mass is 19.4. The fraction of sp³-hybridized carbons (Fsp3) is 0.655. The Morgan fingerprint density at radius 2 is 1.60 bits per heavy atom. The number of rotatable bonds is 14. The Morgan fingerprint density at radius 3 is 2.21 bits per heavy atom. The summed E-state index contributed by atoms with van der Waals surface area (Å²) in [7, 11) is 0. The zero-order valence-electron chi connectivity index (χ0n) is 24.1. The molecule has 3 amide bonds. The summed E-state index contributed by atoms with van der Waals surface area (Å²) < 4.78 is 52.2. The third kappa shape index (κ3) is 10.8. The van der Waals surface area contributed by atoms with Gasteiger partial charge in [0.25, 0.3) is 0 Å². The number of halogens is 3. The Balaban J connectivity index is 1.43. The molecule has 1 aromatic rings. The Morgan fingerprint density at radius 1 is 0.977 bits per heavy atom. The normalized spacial score (nSPS) is 21.3. The number of nitrogens with one attached hydrogen (secondary N) is 3. The number of morpholine rings is 1. The van der Waals surface area contributed by atoms with Gasteiger partial charge in [0.05, 0.1) is 32.4 Å². The summed E-state index contributed by atoms with van der Waals surface area (Å²) >= 11 is 0. The molecule has 238 valence electrons. The number of carbonyl (C=O) groups excluding carboxylic acids is 4. The molecule has 2 saturated heterocycles. The maximum Gasteiger partial charge on any atom is 0.573 e. The number of hydrogen-bond acceptors (Lipinski definition) is 8. The number of Topliss-reactive ketones (excluding diaryl/α,β-unsaturated/α-hetero) is 1. The largest absolute Gasteiger partial charge is 0.573 e. The molecule has 3 N–H and O–H groups in total. The summed E-state index contributed by atoms with van der Waals surface area (Å²) in [4.78, 5) is 54.1. The predicted molar refractivity (Wildman–Crippen MR) is 147 cm³/mol. The van der Waals surface area contributed by atoms with Crippen LogP contribution in [-0.2, 0) is 35.1 Å². The van der Waals surface area contributed by atoms with Crippen LogP contribution in [0.3, 0.4) is 0 Å². The first kappa shape index (κ1) is 32.7. The van der Waals surface area contributed by atoms with Crippen LogP contribution in [0.4, 0.5) is 13.2 Å². The van der Waals surface area contributed by atoms with E-state index in [1.165, 1.54) is 19.1 Å². The third-order valence-electron chi connectivity index (χ3n) is 7.83. The van der Waals surface area contributed by atoms with Crippen LogP contribution in [-0.4, -0.2) is 98.5 Å². The van der Waals surface area contributed by atoms with Crippen LogP contribution in [0.25, 0.3) is 0 Å². The van der Waals surface area contributed by atoms with Crippen LogP contribution in [0.15, 0.2) is 24.3 Å². The summed E-state index contributed by atoms with van der Waals surface area (Å²) in [6.45, 7) is 4.09. The van der Waals surface area contributed by atoms with E-state index >= 15 is 0 Å². The van der Waals surface area contributed by atoms with Crippen LogP contribution >= 0.6 is 0 Å². The summed E-state index contributed by atoms with van der Waals surface area (Å²) in [6.07, 6.45) is -1.01. The van der Waals surface area contributed by atoms with Crippen molar-refractivity contribution in [3.63, 3.8) is 0 Å². The van der Waals surface area contributed by atoms with Gasteiger partial charge >= 0.3 is 6.36 Å². The molecule has 1 aliphatic carbocycles. The van der Waals surface area contributed by atoms with Gasteiger partial charge in [0, 0.05) is 19.5 Å². The van der Waals surface area contributed by atoms with Gasteiger partial charge in [-0.05, 0) is 37.0 Å². The van der Waals surface area contributed by atoms with E-state index in [1.807, 2.05) is 4.90 Å². The molecule has 11 nitrogen and oxygen atoms in total. The number of hydrogen-bond donors (Lipinski definition) is 3. The number of ether oxygens (including phenoxy) is 3. The summed E-state index contributed by atoms with van der Waals surface area (Å²) in [5, 5.41) is 8.10. The molecule has 2 aliphatic heterocycles. The smallest absolute Gasteiger partial charge is 0.406 e. The van der Waals surface area contributed by atoms with Crippen LogP contribution in [0.5, 0.6) is 5.75 Å². The monoisotopic (exact) mass is 612 g/mol. The van der Waals surface area contributed by atoms with Crippen molar-refractivity contribution in [2.75, 3.05) is 39.5 Å². The minimum atomic E-state index is -4.85. The van der Waals surface area contributed by atoms with Gasteiger partial charge in [-0.3, -0.25) is 24.1 Å². The number of amides is 3. The van der Waals surface area contributed by atoms with Crippen LogP contribution in [0.1, 0.15) is 44.6 Å². The van der Waals surface area contributed by atoms with E-state index in [1.54, 1.807) is 0 Å². The molecular formula is C29H39F3N4O7. The fourth-order valence-electron chi connectivity index (χ4n) is 5.42. The summed E-state index contributed by atoms with van der Waals surface area (Å²) in [6, 6.07) is 1.99. The molecule has 1 saturated carbocycles. The molecule has 14 heteroatoms. The molecule has 0 bridgehead atoms. The SMILES string of the molecule is C[C@H](NC(=O)CN1CCOCC1)C(=O)N[C@@H](Cc1ccc(OC(F)(F)F)cc1)C(=O)N[C@@H](CC1CCCC1)C(=O)[C@H]1CO1. The molecule has 3 fully saturated rings. The van der Waals surface area contributed by atoms with E-state index in [9.17, 15) is 32.3 Å². The van der Waals surface area contributed by atoms with Crippen molar-refractivity contribution >= 4 is 23.5 Å². The number of alkyl halides is 3. The minimum absolute atomic E-state index is 0.0808. The van der Waals surface area contributed by atoms with E-state index in [2.05, 4.69) is 20.7 Å². The maximum atomic E-state index is 13.6. The second-order valence-electron chi connectivity index (χ2n) is 11.3. The molecule has 0 aromatic heterocycles. The van der Waals surface area contributed by atoms with Gasteiger partial charge < -0.3 is 30.2 Å². The van der Waals surface area contributed by atoms with Crippen LogP contribution < -0.4 is 20.7 Å². The second-order valence-corrected chi connectivity index (χ2v) is 11.3. The van der Waals surface area contributed by atoms with E-state index in [0.717, 1.165) is 37.8 Å². The molecular weight excluding hydrogens is 573 g/mol. The molecule has 0 unspecified atom stereocenters. The second kappa shape index (κ2) is 15.0. The summed E-state index contributed by atoms with van der Waals surface area (Å²) in [5.41, 5.74) is 0.447. The minimum Gasteiger partial charge on any atom is -0.406 e. The molecule has 4 atom stereocenters. The Hall–Kier alpha value is -3.23. The standard InChI is InChI=1S/C29H39F3N4O7/c1-18(33-25(37)16-36-10-12-41-13-11-36)27(39)35-23(15-20-6-8-21(9-7-20)43-29(30,31)32)28(40)34-22(26(38)24-17-42-24)14-19-4-2-3-5-19/h6-9,18-19,22-24H,2-5,10-17H2,1H3,(H,33,37)(H,34,40)(H,35,39)/t18-,22-,23-,24+/m0/s1. The zero-order chi connectivity index (χ0) is 31.0. The first-order valence-electron chi connectivity index (χ1n) is 14.7. The number of benzene rings is 1. The molecule has 4 rings (SSSR count). The highest BCUT2D eigenvalue weighted by molar-refractivity contribution is 5.96. The van der Waals surface area contributed by atoms with Crippen molar-refractivity contribution in [3.05, 3.63) is 29.8 Å². The van der Waals surface area contributed by atoms with Gasteiger partial charge in [-0.25, -0.2) is 0 Å². The van der Waals surface area contributed by atoms with E-state index in [0.29, 0.717) is 44.9 Å². The molecule has 2 heterocycles. The van der Waals surface area contributed by atoms with Gasteiger partial charge in [-0.2, -0.15) is 0 Å². The topological polar surface area (TPSA) is 139 Å². The number of ketones is 1. The van der Waals surface area contributed by atoms with Crippen molar-refractivity contribution in [2.24, 2.45) is 5.92 Å². The third-order valence-corrected chi connectivity index (χ3v) is 7.83. The fourth-order valence-corrected chi connectivity index (χ4v) is 5.42. The van der Waals surface area contributed by atoms with Crippen molar-refractivity contribution in [2.45, 2.75) is 76.0 Å². The number of nitrogens with zero attached hydrogens (tertiary/aromatic N) is 1. The van der Waals surface area contributed by atoms with Crippen LogP contribution in [0.2, 0.25) is 0 Å². The van der Waals surface area contributed by atoms with Crippen molar-refractivity contribution in [1.29, 1.82) is 0 Å². The molecule has 0 radical (unpaired) electrons. The lowest BCUT2D eigenvalue weighted by Crippen LogP contribution is -2.57. The van der Waals surface area contributed by atoms with Crippen molar-refractivity contribution in [3.8, 4) is 5.75 Å². The van der Waals surface area contributed by atoms with E-state index in [-0.39, 0.29) is 30.6 Å². The van der Waals surface area contributed by atoms with Crippen molar-refractivity contribution < 1.29 is 46.6 Å². The van der Waals surface area contributed by atoms with Gasteiger partial charge in [0.1, 0.15) is 23.9 Å². The predicted octanol–water partition coefficient (Wildman–Crippen LogP) is 1.48. The van der Waals surface area contributed by atoms with E-state index in [4.69, 9.17) is 9.47 Å². The first-order chi connectivity index (χ1) is 20.5. The van der Waals surface area contributed by atoms with Gasteiger partial charge in [-0.1, -0.05) is 37.8 Å². The summed E-state index contributed by atoms with van der Waals surface area (Å²) in [5.74, 6) is -1.97. The highest BCUT2D eigenvalue weighted by Crippen LogP contribution is 2.30. The van der Waals surface area contributed by atoms with Gasteiger partial charge in [0.2, 0.25) is 17.7 Å². The maximum absolute atomic E-state index is 13.6. The Bertz CT molecular complexity index is 1120.